The van der Waals surface area contributed by atoms with E-state index in [-0.39, 0.29) is 12.5 Å². The summed E-state index contributed by atoms with van der Waals surface area (Å²) in [5.74, 6) is 0.174. The van der Waals surface area contributed by atoms with Gasteiger partial charge < -0.3 is 24.4 Å². The molecule has 4 rings (SSSR count). The molecule has 4 aromatic heterocycles. The first-order valence-electron chi connectivity index (χ1n) is 12.8. The van der Waals surface area contributed by atoms with Gasteiger partial charge in [0, 0.05) is 65.6 Å². The first kappa shape index (κ1) is 30.0. The van der Waals surface area contributed by atoms with Crippen LogP contribution in [0.25, 0.3) is 33.3 Å². The summed E-state index contributed by atoms with van der Waals surface area (Å²) in [4.78, 5) is 37.5. The number of fused-ring (bicyclic) bond motifs is 1. The molecule has 0 bridgehead atoms. The summed E-state index contributed by atoms with van der Waals surface area (Å²) in [5.41, 5.74) is 4.12. The van der Waals surface area contributed by atoms with Gasteiger partial charge in [0.2, 0.25) is 11.8 Å². The van der Waals surface area contributed by atoms with Gasteiger partial charge in [-0.1, -0.05) is 6.08 Å². The molecule has 0 aliphatic heterocycles. The molecule has 0 aliphatic carbocycles. The van der Waals surface area contributed by atoms with Crippen LogP contribution in [0.3, 0.4) is 0 Å². The van der Waals surface area contributed by atoms with Gasteiger partial charge in [0.05, 0.1) is 25.6 Å². The minimum absolute atomic E-state index is 0.0243. The Kier molecular flexibility index (Phi) is 9.64. The smallest absolute Gasteiger partial charge is 0.474 e. The van der Waals surface area contributed by atoms with E-state index in [0.29, 0.717) is 23.8 Å². The topological polar surface area (TPSA) is 141 Å². The maximum absolute atomic E-state index is 12.3. The average Bonchev–Trinajstić information content (AvgIpc) is 3.32. The second-order valence-corrected chi connectivity index (χ2v) is 10.7. The molecule has 41 heavy (non-hydrogen) atoms. The van der Waals surface area contributed by atoms with E-state index >= 15 is 0 Å². The van der Waals surface area contributed by atoms with Crippen molar-refractivity contribution in [2.24, 2.45) is 0 Å². The van der Waals surface area contributed by atoms with Crippen molar-refractivity contribution < 1.29 is 28.0 Å². The Labute approximate surface area is 238 Å². The molecule has 4 heterocycles. The van der Waals surface area contributed by atoms with Crippen molar-refractivity contribution in [1.82, 2.24) is 24.4 Å². The van der Waals surface area contributed by atoms with Gasteiger partial charge >= 0.3 is 7.82 Å². The molecule has 4 aromatic rings. The Morgan fingerprint density at radius 2 is 1.95 bits per heavy atom. The summed E-state index contributed by atoms with van der Waals surface area (Å²) in [6.07, 6.45) is 10.7. The fraction of sp³-hybridized carbons (Fsp3) is 0.286. The summed E-state index contributed by atoms with van der Waals surface area (Å²) in [7, 11) is 1.10. The first-order chi connectivity index (χ1) is 19.6. The predicted octanol–water partition coefficient (Wildman–Crippen LogP) is 4.90. The van der Waals surface area contributed by atoms with E-state index in [2.05, 4.69) is 20.3 Å². The van der Waals surface area contributed by atoms with Gasteiger partial charge in [0.25, 0.3) is 0 Å². The highest BCUT2D eigenvalue weighted by molar-refractivity contribution is 7.47. The molecule has 0 aliphatic rings. The highest BCUT2D eigenvalue weighted by Crippen LogP contribution is 2.47. The zero-order chi connectivity index (χ0) is 29.6. The predicted molar refractivity (Wildman–Crippen MR) is 156 cm³/mol. The van der Waals surface area contributed by atoms with E-state index in [9.17, 15) is 14.3 Å². The number of rotatable bonds is 12. The highest BCUT2D eigenvalue weighted by atomic mass is 31.2. The second-order valence-electron chi connectivity index (χ2n) is 9.34. The molecule has 1 amide bonds. The van der Waals surface area contributed by atoms with Crippen LogP contribution in [0, 0.1) is 0 Å². The van der Waals surface area contributed by atoms with E-state index in [1.54, 1.807) is 61.5 Å². The lowest BCUT2D eigenvalue weighted by atomic mass is 10.0. The van der Waals surface area contributed by atoms with Crippen LogP contribution in [0.4, 0.5) is 5.69 Å². The number of aromatic nitrogens is 4. The number of anilines is 1. The van der Waals surface area contributed by atoms with Crippen LogP contribution in [0.1, 0.15) is 20.1 Å². The van der Waals surface area contributed by atoms with Gasteiger partial charge in [0.1, 0.15) is 11.9 Å². The van der Waals surface area contributed by atoms with Gasteiger partial charge in [-0.3, -0.25) is 18.8 Å². The van der Waals surface area contributed by atoms with Gasteiger partial charge in [-0.25, -0.2) is 14.5 Å². The zero-order valence-electron chi connectivity index (χ0n) is 23.5. The number of phosphoric ester groups is 1. The van der Waals surface area contributed by atoms with Gasteiger partial charge in [0.15, 0.2) is 0 Å². The molecule has 0 fully saturated rings. The van der Waals surface area contributed by atoms with Crippen molar-refractivity contribution in [1.29, 1.82) is 0 Å². The van der Waals surface area contributed by atoms with Crippen LogP contribution >= 0.6 is 7.82 Å². The molecule has 2 atom stereocenters. The molecule has 13 heteroatoms. The standard InChI is InChI=1S/C28H33N6O6P/c1-6-39-41(36,37)40-19(2)34-18-25(20-9-10-30-27(14-20)38-5)24-13-22(16-31-28(24)34)21-12-23(17-29-15-21)32-26(35)8-7-11-33(3)4/h7-10,12-19H,6,11H2,1-5H3,(H,32,35)(H,36,37)/b8-7+. The van der Waals surface area contributed by atoms with Crippen molar-refractivity contribution in [3.8, 4) is 28.1 Å². The number of phosphoric acid groups is 1. The SMILES string of the molecule is CCOP(=O)(O)OC(C)n1cc(-c2ccnc(OC)c2)c2cc(-c3cncc(NC(=O)/C=C/CN(C)C)c3)cnc21. The van der Waals surface area contributed by atoms with Crippen molar-refractivity contribution in [3.63, 3.8) is 0 Å². The van der Waals surface area contributed by atoms with Crippen molar-refractivity contribution in [2.75, 3.05) is 39.7 Å². The molecule has 0 saturated heterocycles. The molecular weight excluding hydrogens is 547 g/mol. The van der Waals surface area contributed by atoms with Gasteiger partial charge in [-0.15, -0.1) is 0 Å². The number of methoxy groups -OCH3 is 1. The van der Waals surface area contributed by atoms with Gasteiger partial charge in [-0.05, 0) is 51.7 Å². The number of carbonyl (C=O) groups excluding carboxylic acids is 1. The van der Waals surface area contributed by atoms with Crippen LogP contribution < -0.4 is 10.1 Å². The van der Waals surface area contributed by atoms with Crippen LogP contribution in [-0.2, 0) is 18.4 Å². The number of pyridine rings is 3. The molecule has 12 nitrogen and oxygen atoms in total. The second kappa shape index (κ2) is 13.2. The Morgan fingerprint density at radius 1 is 1.17 bits per heavy atom. The first-order valence-corrected chi connectivity index (χ1v) is 14.3. The lowest BCUT2D eigenvalue weighted by Crippen LogP contribution is -2.13. The van der Waals surface area contributed by atoms with E-state index in [1.165, 1.54) is 13.2 Å². The summed E-state index contributed by atoms with van der Waals surface area (Å²) in [5, 5.41) is 3.58. The number of amides is 1. The number of likely N-dealkylation sites (N-methyl/N-ethyl adjacent to an activating group) is 1. The Balaban J connectivity index is 1.74. The minimum atomic E-state index is -4.28. The third-order valence-corrected chi connectivity index (χ3v) is 7.13. The largest absolute Gasteiger partial charge is 0.481 e. The van der Waals surface area contributed by atoms with Crippen LogP contribution in [-0.4, -0.2) is 69.6 Å². The lowest BCUT2D eigenvalue weighted by molar-refractivity contribution is -0.111. The lowest BCUT2D eigenvalue weighted by Gasteiger charge is -2.18. The fourth-order valence-electron chi connectivity index (χ4n) is 4.14. The summed E-state index contributed by atoms with van der Waals surface area (Å²) >= 11 is 0. The maximum Gasteiger partial charge on any atom is 0.474 e. The quantitative estimate of drug-likeness (QED) is 0.176. The number of nitrogens with zero attached hydrogens (tertiary/aromatic N) is 5. The molecule has 2 N–H and O–H groups in total. The number of hydrogen-bond donors (Lipinski definition) is 2. The van der Waals surface area contributed by atoms with Crippen molar-refractivity contribution >= 4 is 30.5 Å². The number of nitrogens with one attached hydrogen (secondary N) is 1. The van der Waals surface area contributed by atoms with Crippen molar-refractivity contribution in [3.05, 3.63) is 67.4 Å². The number of hydrogen-bond acceptors (Lipinski definition) is 9. The van der Waals surface area contributed by atoms with Crippen LogP contribution in [0.15, 0.2) is 67.4 Å². The maximum atomic E-state index is 12.3. The highest BCUT2D eigenvalue weighted by Gasteiger charge is 2.26. The molecule has 0 aromatic carbocycles. The number of ether oxygens (including phenoxy) is 1. The monoisotopic (exact) mass is 580 g/mol. The molecule has 2 unspecified atom stereocenters. The fourth-order valence-corrected chi connectivity index (χ4v) is 5.02. The molecule has 0 spiro atoms. The summed E-state index contributed by atoms with van der Waals surface area (Å²) in [6, 6.07) is 7.37. The zero-order valence-corrected chi connectivity index (χ0v) is 24.4. The Bertz CT molecular complexity index is 1600. The van der Waals surface area contributed by atoms with E-state index < -0.39 is 14.1 Å². The van der Waals surface area contributed by atoms with Crippen molar-refractivity contribution in [2.45, 2.75) is 20.1 Å². The Hall–Kier alpha value is -3.93. The van der Waals surface area contributed by atoms with E-state index in [0.717, 1.165) is 27.6 Å². The molecule has 216 valence electrons. The molecule has 0 saturated carbocycles. The average molecular weight is 581 g/mol. The minimum Gasteiger partial charge on any atom is -0.481 e. The third-order valence-electron chi connectivity index (χ3n) is 5.97. The van der Waals surface area contributed by atoms with E-state index in [4.69, 9.17) is 13.8 Å². The third kappa shape index (κ3) is 7.63. The summed E-state index contributed by atoms with van der Waals surface area (Å²) < 4.78 is 29.6. The van der Waals surface area contributed by atoms with Crippen LogP contribution in [0.5, 0.6) is 5.88 Å². The Morgan fingerprint density at radius 3 is 2.68 bits per heavy atom. The summed E-state index contributed by atoms with van der Waals surface area (Å²) in [6.45, 7) is 3.92. The van der Waals surface area contributed by atoms with Crippen LogP contribution in [0.2, 0.25) is 0 Å². The van der Waals surface area contributed by atoms with E-state index in [1.807, 2.05) is 37.2 Å². The molecule has 0 radical (unpaired) electrons. The molecular formula is C28H33N6O6P. The normalized spacial score (nSPS) is 13.9. The number of carbonyl (C=O) groups is 1. The van der Waals surface area contributed by atoms with Gasteiger partial charge in [-0.2, -0.15) is 0 Å².